The first kappa shape index (κ1) is 11.1. The fraction of sp³-hybridized carbons (Fsp3) is 0.909. The van der Waals surface area contributed by atoms with Crippen LogP contribution in [-0.2, 0) is 4.74 Å². The fourth-order valence-electron chi connectivity index (χ4n) is 2.29. The van der Waals surface area contributed by atoms with Gasteiger partial charge in [-0.2, -0.15) is 0 Å². The van der Waals surface area contributed by atoms with E-state index in [4.69, 9.17) is 17.0 Å². The van der Waals surface area contributed by atoms with E-state index in [2.05, 4.69) is 10.2 Å². The van der Waals surface area contributed by atoms with Crippen LogP contribution < -0.4 is 5.32 Å². The number of rotatable bonds is 1. The summed E-state index contributed by atoms with van der Waals surface area (Å²) in [5, 5.41) is 4.42. The number of nitrogens with zero attached hydrogens (tertiary/aromatic N) is 1. The highest BCUT2D eigenvalue weighted by atomic mass is 32.1. The number of hydrogen-bond donors (Lipinski definition) is 1. The summed E-state index contributed by atoms with van der Waals surface area (Å²) in [4.78, 5) is 2.25. The van der Waals surface area contributed by atoms with Crippen LogP contribution in [0, 0.1) is 0 Å². The lowest BCUT2D eigenvalue weighted by Gasteiger charge is -2.25. The van der Waals surface area contributed by atoms with Gasteiger partial charge in [0.2, 0.25) is 0 Å². The maximum Gasteiger partial charge on any atom is 0.169 e. The van der Waals surface area contributed by atoms with Crippen molar-refractivity contribution in [3.05, 3.63) is 0 Å². The molecule has 0 unspecified atom stereocenters. The average molecular weight is 228 g/mol. The van der Waals surface area contributed by atoms with Crippen LogP contribution in [0.15, 0.2) is 0 Å². The smallest absolute Gasteiger partial charge is 0.169 e. The zero-order valence-corrected chi connectivity index (χ0v) is 10.0. The molecule has 0 radical (unpaired) electrons. The van der Waals surface area contributed by atoms with Crippen molar-refractivity contribution >= 4 is 17.3 Å². The third kappa shape index (κ3) is 3.31. The third-order valence-corrected chi connectivity index (χ3v) is 3.57. The maximum atomic E-state index is 5.43. The Hall–Kier alpha value is -0.350. The minimum absolute atomic E-state index is 0.627. The van der Waals surface area contributed by atoms with Gasteiger partial charge < -0.3 is 15.0 Å². The van der Waals surface area contributed by atoms with Gasteiger partial charge in [-0.05, 0) is 31.5 Å². The maximum absolute atomic E-state index is 5.43. The van der Waals surface area contributed by atoms with Crippen LogP contribution in [0.2, 0.25) is 0 Å². The summed E-state index contributed by atoms with van der Waals surface area (Å²) < 4.78 is 5.42. The van der Waals surface area contributed by atoms with Gasteiger partial charge in [0.1, 0.15) is 0 Å². The Kier molecular flexibility index (Phi) is 4.20. The molecule has 2 fully saturated rings. The van der Waals surface area contributed by atoms with Crippen molar-refractivity contribution in [2.24, 2.45) is 0 Å². The summed E-state index contributed by atoms with van der Waals surface area (Å²) in [6.07, 6.45) is 6.36. The molecule has 2 rings (SSSR count). The van der Waals surface area contributed by atoms with Gasteiger partial charge in [0, 0.05) is 25.7 Å². The van der Waals surface area contributed by atoms with Gasteiger partial charge in [-0.3, -0.25) is 0 Å². The molecule has 1 aliphatic heterocycles. The Morgan fingerprint density at radius 2 is 1.93 bits per heavy atom. The Labute approximate surface area is 97.2 Å². The SMILES string of the molecule is S=C(NC1CCCC1)N1CCCOCC1. The van der Waals surface area contributed by atoms with Crippen molar-refractivity contribution in [2.75, 3.05) is 26.3 Å². The molecule has 1 saturated heterocycles. The van der Waals surface area contributed by atoms with Crippen molar-refractivity contribution in [3.8, 4) is 0 Å². The minimum Gasteiger partial charge on any atom is -0.380 e. The minimum atomic E-state index is 0.627. The molecule has 1 N–H and O–H groups in total. The molecule has 0 amide bonds. The summed E-state index contributed by atoms with van der Waals surface area (Å²) in [6.45, 7) is 3.67. The highest BCUT2D eigenvalue weighted by molar-refractivity contribution is 7.80. The normalized spacial score (nSPS) is 23.9. The van der Waals surface area contributed by atoms with Crippen LogP contribution in [-0.4, -0.2) is 42.4 Å². The quantitative estimate of drug-likeness (QED) is 0.688. The van der Waals surface area contributed by atoms with E-state index in [9.17, 15) is 0 Å². The van der Waals surface area contributed by atoms with Crippen LogP contribution in [0.4, 0.5) is 0 Å². The van der Waals surface area contributed by atoms with Crippen LogP contribution in [0.3, 0.4) is 0 Å². The van der Waals surface area contributed by atoms with E-state index in [0.29, 0.717) is 6.04 Å². The van der Waals surface area contributed by atoms with Crippen LogP contribution in [0.5, 0.6) is 0 Å². The molecule has 0 bridgehead atoms. The molecule has 3 nitrogen and oxygen atoms in total. The second-order valence-electron chi connectivity index (χ2n) is 4.38. The molecular weight excluding hydrogens is 208 g/mol. The molecule has 2 aliphatic rings. The van der Waals surface area contributed by atoms with Crippen molar-refractivity contribution in [1.82, 2.24) is 10.2 Å². The van der Waals surface area contributed by atoms with E-state index in [1.165, 1.54) is 25.7 Å². The van der Waals surface area contributed by atoms with Crippen LogP contribution in [0.1, 0.15) is 32.1 Å². The number of ether oxygens (including phenoxy) is 1. The molecule has 1 heterocycles. The molecule has 4 heteroatoms. The van der Waals surface area contributed by atoms with Crippen molar-refractivity contribution in [1.29, 1.82) is 0 Å². The van der Waals surface area contributed by atoms with Gasteiger partial charge in [0.25, 0.3) is 0 Å². The molecule has 0 aromatic heterocycles. The largest absolute Gasteiger partial charge is 0.380 e. The summed E-state index contributed by atoms with van der Waals surface area (Å²) in [5.41, 5.74) is 0. The Morgan fingerprint density at radius 3 is 2.73 bits per heavy atom. The zero-order chi connectivity index (χ0) is 10.5. The molecular formula is C11H20N2OS. The van der Waals surface area contributed by atoms with Gasteiger partial charge in [0.05, 0.1) is 6.61 Å². The van der Waals surface area contributed by atoms with E-state index in [0.717, 1.165) is 37.8 Å². The molecule has 0 atom stereocenters. The van der Waals surface area contributed by atoms with Gasteiger partial charge in [-0.1, -0.05) is 12.8 Å². The first-order valence-corrected chi connectivity index (χ1v) is 6.40. The van der Waals surface area contributed by atoms with Crippen molar-refractivity contribution < 1.29 is 4.74 Å². The topological polar surface area (TPSA) is 24.5 Å². The molecule has 86 valence electrons. The Morgan fingerprint density at radius 1 is 1.13 bits per heavy atom. The third-order valence-electron chi connectivity index (χ3n) is 3.19. The molecule has 0 aromatic rings. The lowest BCUT2D eigenvalue weighted by molar-refractivity contribution is 0.147. The molecule has 1 saturated carbocycles. The van der Waals surface area contributed by atoms with E-state index in [-0.39, 0.29) is 0 Å². The molecule has 0 aromatic carbocycles. The first-order valence-electron chi connectivity index (χ1n) is 5.99. The molecule has 0 spiro atoms. The summed E-state index contributed by atoms with van der Waals surface area (Å²) in [7, 11) is 0. The van der Waals surface area contributed by atoms with E-state index in [1.807, 2.05) is 0 Å². The predicted molar refractivity (Wildman–Crippen MR) is 65.0 cm³/mol. The van der Waals surface area contributed by atoms with Gasteiger partial charge in [0.15, 0.2) is 5.11 Å². The Balaban J connectivity index is 1.77. The van der Waals surface area contributed by atoms with E-state index < -0.39 is 0 Å². The summed E-state index contributed by atoms with van der Waals surface area (Å²) in [6, 6.07) is 0.627. The second kappa shape index (κ2) is 5.66. The van der Waals surface area contributed by atoms with Crippen LogP contribution in [0.25, 0.3) is 0 Å². The number of nitrogens with one attached hydrogen (secondary N) is 1. The molecule has 1 aliphatic carbocycles. The number of thiocarbonyl (C=S) groups is 1. The molecule has 15 heavy (non-hydrogen) atoms. The summed E-state index contributed by atoms with van der Waals surface area (Å²) >= 11 is 5.43. The monoisotopic (exact) mass is 228 g/mol. The zero-order valence-electron chi connectivity index (χ0n) is 9.21. The fourth-order valence-corrected chi connectivity index (χ4v) is 2.63. The standard InChI is InChI=1S/C11H20N2OS/c15-11(12-10-4-1-2-5-10)13-6-3-8-14-9-7-13/h10H,1-9H2,(H,12,15). The van der Waals surface area contributed by atoms with Crippen molar-refractivity contribution in [2.45, 2.75) is 38.1 Å². The van der Waals surface area contributed by atoms with E-state index >= 15 is 0 Å². The average Bonchev–Trinajstić information content (AvgIpc) is 2.58. The van der Waals surface area contributed by atoms with Gasteiger partial charge in [-0.15, -0.1) is 0 Å². The van der Waals surface area contributed by atoms with Gasteiger partial charge in [-0.25, -0.2) is 0 Å². The van der Waals surface area contributed by atoms with E-state index in [1.54, 1.807) is 0 Å². The van der Waals surface area contributed by atoms with Crippen LogP contribution >= 0.6 is 12.2 Å². The second-order valence-corrected chi connectivity index (χ2v) is 4.77. The first-order chi connectivity index (χ1) is 7.36. The van der Waals surface area contributed by atoms with Crippen molar-refractivity contribution in [3.63, 3.8) is 0 Å². The highest BCUT2D eigenvalue weighted by Gasteiger charge is 2.18. The number of hydrogen-bond acceptors (Lipinski definition) is 2. The predicted octanol–water partition coefficient (Wildman–Crippen LogP) is 1.53. The van der Waals surface area contributed by atoms with Gasteiger partial charge >= 0.3 is 0 Å². The lowest BCUT2D eigenvalue weighted by atomic mass is 10.2. The lowest BCUT2D eigenvalue weighted by Crippen LogP contribution is -2.44. The highest BCUT2D eigenvalue weighted by Crippen LogP contribution is 2.18. The Bertz CT molecular complexity index is 209. The summed E-state index contributed by atoms with van der Waals surface area (Å²) in [5.74, 6) is 0.